The molecule has 1 aromatic heterocycles. The molecule has 3 nitrogen and oxygen atoms in total. The number of nitrogens with zero attached hydrogens (tertiary/aromatic N) is 2. The zero-order chi connectivity index (χ0) is 22.0. The summed E-state index contributed by atoms with van der Waals surface area (Å²) in [5.41, 5.74) is 7.94. The van der Waals surface area contributed by atoms with Gasteiger partial charge in [-0.3, -0.25) is 14.8 Å². The topological polar surface area (TPSA) is 42.3 Å². The minimum Gasteiger partial charge on any atom is -0.295 e. The highest BCUT2D eigenvalue weighted by atomic mass is 16.1. The van der Waals surface area contributed by atoms with Crippen LogP contribution in [0, 0.1) is 0 Å². The van der Waals surface area contributed by atoms with E-state index in [-0.39, 0.29) is 5.78 Å². The monoisotopic (exact) mass is 412 g/mol. The number of aromatic nitrogens is 1. The van der Waals surface area contributed by atoms with E-state index in [0.29, 0.717) is 11.3 Å². The van der Waals surface area contributed by atoms with Crippen molar-refractivity contribution in [1.82, 2.24) is 4.98 Å². The number of Topliss-reactive ketones (excluding diaryl/α,β-unsaturated/α-hetero) is 1. The third kappa shape index (κ3) is 4.76. The Morgan fingerprint density at radius 1 is 1.23 bits per heavy atom. The fourth-order valence-corrected chi connectivity index (χ4v) is 4.44. The number of aliphatic imine (C=N–C) groups is 1. The average molecular weight is 413 g/mol. The molecule has 1 heterocycles. The molecule has 31 heavy (non-hydrogen) atoms. The minimum atomic E-state index is 0.110. The smallest absolute Gasteiger partial charge is 0.159 e. The summed E-state index contributed by atoms with van der Waals surface area (Å²) in [6, 6.07) is 10.5. The van der Waals surface area contributed by atoms with E-state index in [1.165, 1.54) is 42.4 Å². The number of hydrogen-bond acceptors (Lipinski definition) is 3. The largest absolute Gasteiger partial charge is 0.295 e. The van der Waals surface area contributed by atoms with Crippen LogP contribution in [0.5, 0.6) is 0 Å². The minimum absolute atomic E-state index is 0.110. The van der Waals surface area contributed by atoms with Crippen molar-refractivity contribution in [1.29, 1.82) is 0 Å². The second-order valence-corrected chi connectivity index (χ2v) is 9.14. The van der Waals surface area contributed by atoms with Gasteiger partial charge >= 0.3 is 0 Å². The first kappa shape index (κ1) is 21.4. The summed E-state index contributed by atoms with van der Waals surface area (Å²) in [4.78, 5) is 21.3. The molecule has 2 saturated carbocycles. The maximum Gasteiger partial charge on any atom is 0.159 e. The molecule has 0 aliphatic heterocycles. The summed E-state index contributed by atoms with van der Waals surface area (Å²) in [5.74, 6) is 0.803. The molecule has 2 aliphatic carbocycles. The maximum absolute atomic E-state index is 12.0. The lowest BCUT2D eigenvalue weighted by atomic mass is 9.86. The quantitative estimate of drug-likeness (QED) is 0.257. The van der Waals surface area contributed by atoms with Crippen molar-refractivity contribution >= 4 is 17.1 Å². The molecule has 2 fully saturated rings. The number of rotatable bonds is 9. The third-order valence-corrected chi connectivity index (χ3v) is 6.83. The van der Waals surface area contributed by atoms with Crippen LogP contribution in [0.25, 0.3) is 5.57 Å². The van der Waals surface area contributed by atoms with Crippen LogP contribution in [0.4, 0.5) is 0 Å². The molecule has 0 bridgehead atoms. The summed E-state index contributed by atoms with van der Waals surface area (Å²) in [6.07, 6.45) is 12.5. The van der Waals surface area contributed by atoms with Crippen LogP contribution in [0.15, 0.2) is 60.4 Å². The Labute approximate surface area is 186 Å². The second kappa shape index (κ2) is 8.74. The summed E-state index contributed by atoms with van der Waals surface area (Å²) in [6.45, 7) is 9.92. The van der Waals surface area contributed by atoms with Gasteiger partial charge in [-0.25, -0.2) is 0 Å². The van der Waals surface area contributed by atoms with Gasteiger partial charge in [0.15, 0.2) is 5.78 Å². The van der Waals surface area contributed by atoms with E-state index < -0.39 is 0 Å². The molecule has 0 amide bonds. The zero-order valence-electron chi connectivity index (χ0n) is 18.9. The van der Waals surface area contributed by atoms with Crippen molar-refractivity contribution in [2.45, 2.75) is 70.6 Å². The number of pyridine rings is 1. The summed E-state index contributed by atoms with van der Waals surface area (Å²) in [5, 5.41) is 0. The van der Waals surface area contributed by atoms with Gasteiger partial charge in [0.1, 0.15) is 0 Å². The van der Waals surface area contributed by atoms with E-state index in [0.717, 1.165) is 35.4 Å². The molecule has 0 N–H and O–H groups in total. The molecule has 3 heteroatoms. The number of benzene rings is 1. The van der Waals surface area contributed by atoms with Gasteiger partial charge in [-0.1, -0.05) is 31.7 Å². The number of ketones is 1. The Morgan fingerprint density at radius 3 is 2.61 bits per heavy atom. The highest BCUT2D eigenvalue weighted by Gasteiger charge is 2.43. The predicted molar refractivity (Wildman–Crippen MR) is 129 cm³/mol. The van der Waals surface area contributed by atoms with Gasteiger partial charge in [0.2, 0.25) is 0 Å². The standard InChI is InChI=1S/C28H32N2O/c1-5-21(27-17-24(11-14-29-27)22-7-8-22)18-30-19(3)15-25-16-23(20(4)31)9-10-26(25)28(6-2)12-13-28/h5,9-11,14,16-18,22H,1,6-8,12-13,15H2,2-4H3/b21-18+,30-19+. The maximum atomic E-state index is 12.0. The van der Waals surface area contributed by atoms with Crippen LogP contribution < -0.4 is 0 Å². The molecule has 160 valence electrons. The summed E-state index contributed by atoms with van der Waals surface area (Å²) >= 11 is 0. The normalized spacial score (nSPS) is 18.0. The number of carbonyl (C=O) groups excluding carboxylic acids is 1. The van der Waals surface area contributed by atoms with Crippen LogP contribution in [0.1, 0.15) is 91.5 Å². The van der Waals surface area contributed by atoms with Crippen LogP contribution in [-0.2, 0) is 11.8 Å². The van der Waals surface area contributed by atoms with Crippen LogP contribution in [-0.4, -0.2) is 16.5 Å². The Kier molecular flexibility index (Phi) is 6.04. The Hall–Kier alpha value is -2.81. The molecule has 0 radical (unpaired) electrons. The number of carbonyl (C=O) groups is 1. The molecular weight excluding hydrogens is 380 g/mol. The van der Waals surface area contributed by atoms with Gasteiger partial charge in [0, 0.05) is 35.7 Å². The SMILES string of the molecule is C=C/C(=C\N=C(/C)Cc1cc(C(C)=O)ccc1C1(CC)CC1)c1cc(C2CC2)ccn1. The van der Waals surface area contributed by atoms with Crippen molar-refractivity contribution < 1.29 is 4.79 Å². The second-order valence-electron chi connectivity index (χ2n) is 9.14. The zero-order valence-corrected chi connectivity index (χ0v) is 18.9. The Balaban J connectivity index is 1.60. The lowest BCUT2D eigenvalue weighted by molar-refractivity contribution is 0.101. The number of allylic oxidation sites excluding steroid dienone is 2. The first-order valence-corrected chi connectivity index (χ1v) is 11.4. The molecule has 0 atom stereocenters. The highest BCUT2D eigenvalue weighted by molar-refractivity contribution is 5.95. The summed E-state index contributed by atoms with van der Waals surface area (Å²) in [7, 11) is 0. The van der Waals surface area contributed by atoms with Gasteiger partial charge in [-0.15, -0.1) is 0 Å². The van der Waals surface area contributed by atoms with E-state index >= 15 is 0 Å². The average Bonchev–Trinajstić information content (AvgIpc) is 3.69. The Morgan fingerprint density at radius 2 is 2.00 bits per heavy atom. The molecular formula is C28H32N2O. The Bertz CT molecular complexity index is 1070. The van der Waals surface area contributed by atoms with Gasteiger partial charge in [-0.05, 0) is 92.2 Å². The molecule has 0 saturated heterocycles. The predicted octanol–water partition coefficient (Wildman–Crippen LogP) is 6.83. The van der Waals surface area contributed by atoms with Crippen molar-refractivity contribution in [3.8, 4) is 0 Å². The van der Waals surface area contributed by atoms with E-state index in [1.54, 1.807) is 6.92 Å². The van der Waals surface area contributed by atoms with Crippen molar-refractivity contribution in [2.24, 2.45) is 4.99 Å². The van der Waals surface area contributed by atoms with Gasteiger partial charge < -0.3 is 0 Å². The van der Waals surface area contributed by atoms with E-state index in [9.17, 15) is 4.79 Å². The van der Waals surface area contributed by atoms with Crippen molar-refractivity contribution in [3.63, 3.8) is 0 Å². The van der Waals surface area contributed by atoms with E-state index in [1.807, 2.05) is 24.5 Å². The van der Waals surface area contributed by atoms with E-state index in [2.05, 4.69) is 49.7 Å². The first-order chi connectivity index (χ1) is 15.0. The third-order valence-electron chi connectivity index (χ3n) is 6.83. The molecule has 0 unspecified atom stereocenters. The van der Waals surface area contributed by atoms with Crippen LogP contribution in [0.2, 0.25) is 0 Å². The lowest BCUT2D eigenvalue weighted by Crippen LogP contribution is -2.12. The summed E-state index contributed by atoms with van der Waals surface area (Å²) < 4.78 is 0. The molecule has 2 aliphatic rings. The first-order valence-electron chi connectivity index (χ1n) is 11.4. The van der Waals surface area contributed by atoms with Crippen molar-refractivity contribution in [2.75, 3.05) is 0 Å². The molecule has 1 aromatic carbocycles. The van der Waals surface area contributed by atoms with Gasteiger partial charge in [0.05, 0.1) is 5.69 Å². The molecule has 2 aromatic rings. The fraction of sp³-hybridized carbons (Fsp3) is 0.393. The fourth-order valence-electron chi connectivity index (χ4n) is 4.44. The number of hydrogen-bond donors (Lipinski definition) is 0. The molecule has 0 spiro atoms. The van der Waals surface area contributed by atoms with Gasteiger partial charge in [0.25, 0.3) is 0 Å². The molecule has 4 rings (SSSR count). The highest BCUT2D eigenvalue weighted by Crippen LogP contribution is 2.52. The van der Waals surface area contributed by atoms with Crippen molar-refractivity contribution in [3.05, 3.63) is 83.3 Å². The van der Waals surface area contributed by atoms with Crippen LogP contribution >= 0.6 is 0 Å². The van der Waals surface area contributed by atoms with Crippen LogP contribution in [0.3, 0.4) is 0 Å². The lowest BCUT2D eigenvalue weighted by Gasteiger charge is -2.19. The van der Waals surface area contributed by atoms with Gasteiger partial charge in [-0.2, -0.15) is 0 Å². The van der Waals surface area contributed by atoms with E-state index in [4.69, 9.17) is 4.99 Å².